The fourth-order valence-electron chi connectivity index (χ4n) is 2.75. The number of ether oxygens (including phenoxy) is 3. The Hall–Kier alpha value is -2.89. The van der Waals surface area contributed by atoms with Gasteiger partial charge in [-0.3, -0.25) is 0 Å². The predicted octanol–water partition coefficient (Wildman–Crippen LogP) is 2.51. The summed E-state index contributed by atoms with van der Waals surface area (Å²) in [5.74, 6) is 2.42. The molecule has 1 aliphatic rings. The van der Waals surface area contributed by atoms with Crippen LogP contribution in [-0.2, 0) is 13.0 Å². The Morgan fingerprint density at radius 1 is 1.12 bits per heavy atom. The van der Waals surface area contributed by atoms with Crippen molar-refractivity contribution < 1.29 is 19.0 Å². The topological polar surface area (TPSA) is 68.8 Å². The maximum Gasteiger partial charge on any atom is 0.315 e. The molecule has 0 spiro atoms. The second kappa shape index (κ2) is 7.79. The van der Waals surface area contributed by atoms with Gasteiger partial charge in [0, 0.05) is 6.54 Å². The maximum absolute atomic E-state index is 12.1. The number of methoxy groups -OCH3 is 2. The molecule has 2 aromatic carbocycles. The van der Waals surface area contributed by atoms with E-state index in [0.29, 0.717) is 19.6 Å². The van der Waals surface area contributed by atoms with Crippen molar-refractivity contribution in [1.82, 2.24) is 10.6 Å². The standard InChI is InChI=1S/C19H22N2O4/c1-23-16-5-3-13(4-6-16)11-20-19(22)21-15-9-14-10-17(24-2)7-8-18(14)25-12-15/h3-8,10,15H,9,11-12H2,1-2H3,(H2,20,21,22)/t15-/m1/s1. The van der Waals surface area contributed by atoms with Crippen LogP contribution in [0.25, 0.3) is 0 Å². The molecule has 1 aliphatic heterocycles. The Kier molecular flexibility index (Phi) is 5.28. The molecule has 0 saturated heterocycles. The average Bonchev–Trinajstić information content (AvgIpc) is 2.66. The van der Waals surface area contributed by atoms with E-state index >= 15 is 0 Å². The summed E-state index contributed by atoms with van der Waals surface area (Å²) >= 11 is 0. The van der Waals surface area contributed by atoms with Crippen LogP contribution >= 0.6 is 0 Å². The predicted molar refractivity (Wildman–Crippen MR) is 94.3 cm³/mol. The lowest BCUT2D eigenvalue weighted by Crippen LogP contribution is -2.47. The van der Waals surface area contributed by atoms with Crippen LogP contribution < -0.4 is 24.8 Å². The molecule has 0 aromatic heterocycles. The summed E-state index contributed by atoms with van der Waals surface area (Å²) in [4.78, 5) is 12.1. The van der Waals surface area contributed by atoms with E-state index in [-0.39, 0.29) is 12.1 Å². The smallest absolute Gasteiger partial charge is 0.315 e. The minimum atomic E-state index is -0.212. The van der Waals surface area contributed by atoms with Crippen LogP contribution in [0.2, 0.25) is 0 Å². The lowest BCUT2D eigenvalue weighted by atomic mass is 10.0. The minimum absolute atomic E-state index is 0.0736. The summed E-state index contributed by atoms with van der Waals surface area (Å²) in [5.41, 5.74) is 2.04. The van der Waals surface area contributed by atoms with E-state index < -0.39 is 0 Å². The molecule has 0 bridgehead atoms. The minimum Gasteiger partial charge on any atom is -0.497 e. The molecule has 6 heteroatoms. The van der Waals surface area contributed by atoms with E-state index in [1.807, 2.05) is 42.5 Å². The average molecular weight is 342 g/mol. The van der Waals surface area contributed by atoms with Crippen LogP contribution in [0.4, 0.5) is 4.79 Å². The van der Waals surface area contributed by atoms with E-state index in [1.54, 1.807) is 14.2 Å². The molecule has 2 aromatic rings. The van der Waals surface area contributed by atoms with Crippen molar-refractivity contribution >= 4 is 6.03 Å². The summed E-state index contributed by atoms with van der Waals surface area (Å²) in [6.45, 7) is 0.906. The van der Waals surface area contributed by atoms with Gasteiger partial charge < -0.3 is 24.8 Å². The van der Waals surface area contributed by atoms with Gasteiger partial charge in [-0.2, -0.15) is 0 Å². The molecule has 132 valence electrons. The second-order valence-corrected chi connectivity index (χ2v) is 5.86. The third-order valence-electron chi connectivity index (χ3n) is 4.12. The van der Waals surface area contributed by atoms with E-state index in [9.17, 15) is 4.79 Å². The zero-order valence-electron chi connectivity index (χ0n) is 14.4. The van der Waals surface area contributed by atoms with Crippen molar-refractivity contribution in [3.05, 3.63) is 53.6 Å². The van der Waals surface area contributed by atoms with Crippen molar-refractivity contribution in [2.75, 3.05) is 20.8 Å². The number of urea groups is 1. The van der Waals surface area contributed by atoms with Crippen LogP contribution in [0.15, 0.2) is 42.5 Å². The van der Waals surface area contributed by atoms with Gasteiger partial charge in [0.2, 0.25) is 0 Å². The summed E-state index contributed by atoms with van der Waals surface area (Å²) in [7, 11) is 3.26. The molecule has 0 fully saturated rings. The summed E-state index contributed by atoms with van der Waals surface area (Å²) in [6, 6.07) is 13.0. The number of nitrogens with one attached hydrogen (secondary N) is 2. The fourth-order valence-corrected chi connectivity index (χ4v) is 2.75. The van der Waals surface area contributed by atoms with Gasteiger partial charge in [-0.25, -0.2) is 4.79 Å². The highest BCUT2D eigenvalue weighted by Gasteiger charge is 2.21. The molecular formula is C19H22N2O4. The lowest BCUT2D eigenvalue weighted by Gasteiger charge is -2.26. The van der Waals surface area contributed by atoms with Crippen LogP contribution in [0, 0.1) is 0 Å². The monoisotopic (exact) mass is 342 g/mol. The number of hydrogen-bond donors (Lipinski definition) is 2. The van der Waals surface area contributed by atoms with Gasteiger partial charge in [0.05, 0.1) is 20.3 Å². The normalized spacial score (nSPS) is 15.5. The molecule has 6 nitrogen and oxygen atoms in total. The summed E-state index contributed by atoms with van der Waals surface area (Å²) in [5, 5.41) is 5.81. The third-order valence-corrected chi connectivity index (χ3v) is 4.12. The first-order valence-corrected chi connectivity index (χ1v) is 8.15. The van der Waals surface area contributed by atoms with Crippen molar-refractivity contribution in [3.8, 4) is 17.2 Å². The third kappa shape index (κ3) is 4.35. The molecule has 1 atom stereocenters. The Morgan fingerprint density at radius 3 is 2.56 bits per heavy atom. The highest BCUT2D eigenvalue weighted by atomic mass is 16.5. The van der Waals surface area contributed by atoms with Crippen LogP contribution in [0.3, 0.4) is 0 Å². The van der Waals surface area contributed by atoms with Crippen LogP contribution in [-0.4, -0.2) is 32.9 Å². The number of fused-ring (bicyclic) bond motifs is 1. The Bertz CT molecular complexity index is 731. The first-order chi connectivity index (χ1) is 12.2. The molecule has 0 unspecified atom stereocenters. The quantitative estimate of drug-likeness (QED) is 0.876. The van der Waals surface area contributed by atoms with Crippen molar-refractivity contribution in [2.45, 2.75) is 19.0 Å². The first-order valence-electron chi connectivity index (χ1n) is 8.15. The molecule has 0 radical (unpaired) electrons. The molecule has 2 amide bonds. The van der Waals surface area contributed by atoms with Crippen molar-refractivity contribution in [3.63, 3.8) is 0 Å². The van der Waals surface area contributed by atoms with E-state index in [1.165, 1.54) is 0 Å². The van der Waals surface area contributed by atoms with Gasteiger partial charge in [-0.15, -0.1) is 0 Å². The highest BCUT2D eigenvalue weighted by Crippen LogP contribution is 2.28. The zero-order valence-corrected chi connectivity index (χ0v) is 14.4. The Morgan fingerprint density at radius 2 is 1.84 bits per heavy atom. The highest BCUT2D eigenvalue weighted by molar-refractivity contribution is 5.74. The number of benzene rings is 2. The molecular weight excluding hydrogens is 320 g/mol. The number of rotatable bonds is 5. The molecule has 0 saturated carbocycles. The van der Waals surface area contributed by atoms with E-state index in [4.69, 9.17) is 14.2 Å². The number of carbonyl (C=O) groups excluding carboxylic acids is 1. The molecule has 2 N–H and O–H groups in total. The molecule has 0 aliphatic carbocycles. The van der Waals surface area contributed by atoms with E-state index in [0.717, 1.165) is 28.4 Å². The number of carbonyl (C=O) groups is 1. The first kappa shape index (κ1) is 17.0. The molecule has 25 heavy (non-hydrogen) atoms. The molecule has 3 rings (SSSR count). The summed E-state index contributed by atoms with van der Waals surface area (Å²) in [6.07, 6.45) is 0.711. The zero-order chi connectivity index (χ0) is 17.6. The Balaban J connectivity index is 1.51. The van der Waals surface area contributed by atoms with Gasteiger partial charge in [0.15, 0.2) is 0 Å². The van der Waals surface area contributed by atoms with Crippen molar-refractivity contribution in [1.29, 1.82) is 0 Å². The SMILES string of the molecule is COc1ccc(CNC(=O)N[C@H]2COc3ccc(OC)cc3C2)cc1. The van der Waals surface area contributed by atoms with Crippen LogP contribution in [0.1, 0.15) is 11.1 Å². The van der Waals surface area contributed by atoms with Gasteiger partial charge >= 0.3 is 6.03 Å². The van der Waals surface area contributed by atoms with Gasteiger partial charge in [-0.1, -0.05) is 12.1 Å². The number of amides is 2. The number of hydrogen-bond acceptors (Lipinski definition) is 4. The van der Waals surface area contributed by atoms with Gasteiger partial charge in [0.25, 0.3) is 0 Å². The van der Waals surface area contributed by atoms with Crippen molar-refractivity contribution in [2.24, 2.45) is 0 Å². The summed E-state index contributed by atoms with van der Waals surface area (Å²) < 4.78 is 16.1. The Labute approximate surface area is 147 Å². The molecule has 1 heterocycles. The second-order valence-electron chi connectivity index (χ2n) is 5.86. The van der Waals surface area contributed by atoms with E-state index in [2.05, 4.69) is 10.6 Å². The van der Waals surface area contributed by atoms with Gasteiger partial charge in [0.1, 0.15) is 23.9 Å². The largest absolute Gasteiger partial charge is 0.497 e. The maximum atomic E-state index is 12.1. The lowest BCUT2D eigenvalue weighted by molar-refractivity contribution is 0.214. The van der Waals surface area contributed by atoms with Crippen LogP contribution in [0.5, 0.6) is 17.2 Å². The van der Waals surface area contributed by atoms with Gasteiger partial charge in [-0.05, 0) is 47.9 Å². The fraction of sp³-hybridized carbons (Fsp3) is 0.316.